The molecule has 0 radical (unpaired) electrons. The minimum Gasteiger partial charge on any atom is -0.493 e. The smallest absolute Gasteiger partial charge is 0.264 e. The van der Waals surface area contributed by atoms with Gasteiger partial charge in [-0.05, 0) is 65.6 Å². The molecule has 0 saturated heterocycles. The molecule has 1 atom stereocenters. The summed E-state index contributed by atoms with van der Waals surface area (Å²) >= 11 is 9.66. The molecule has 0 saturated carbocycles. The van der Waals surface area contributed by atoms with Gasteiger partial charge in [0, 0.05) is 35.1 Å². The van der Waals surface area contributed by atoms with Crippen molar-refractivity contribution in [2.45, 2.75) is 37.8 Å². The van der Waals surface area contributed by atoms with Gasteiger partial charge in [-0.1, -0.05) is 83.8 Å². The maximum atomic E-state index is 14.6. The van der Waals surface area contributed by atoms with Crippen molar-refractivity contribution in [3.05, 3.63) is 118 Å². The largest absolute Gasteiger partial charge is 0.493 e. The zero-order valence-electron chi connectivity index (χ0n) is 27.2. The molecule has 4 rings (SSSR count). The van der Waals surface area contributed by atoms with Crippen LogP contribution in [0.25, 0.3) is 0 Å². The summed E-state index contributed by atoms with van der Waals surface area (Å²) in [5.74, 6) is -0.178. The van der Waals surface area contributed by atoms with Gasteiger partial charge in [0.15, 0.2) is 11.5 Å². The van der Waals surface area contributed by atoms with Crippen molar-refractivity contribution in [1.29, 1.82) is 0 Å². The summed E-state index contributed by atoms with van der Waals surface area (Å²) in [5.41, 5.74) is 1.82. The first-order valence-electron chi connectivity index (χ1n) is 15.3. The first-order chi connectivity index (χ1) is 22.9. The van der Waals surface area contributed by atoms with Crippen LogP contribution < -0.4 is 19.1 Å². The normalized spacial score (nSPS) is 11.9. The number of rotatable bonds is 15. The predicted molar refractivity (Wildman–Crippen MR) is 192 cm³/mol. The summed E-state index contributed by atoms with van der Waals surface area (Å²) in [6.45, 7) is 3.83. The molecule has 12 heteroatoms. The van der Waals surface area contributed by atoms with E-state index in [9.17, 15) is 18.0 Å². The molecule has 0 unspecified atom stereocenters. The first-order valence-corrected chi connectivity index (χ1v) is 17.9. The van der Waals surface area contributed by atoms with Gasteiger partial charge in [-0.25, -0.2) is 8.42 Å². The second-order valence-corrected chi connectivity index (χ2v) is 14.7. The van der Waals surface area contributed by atoms with Crippen LogP contribution in [0, 0.1) is 5.92 Å². The maximum Gasteiger partial charge on any atom is 0.264 e. The number of anilines is 1. The van der Waals surface area contributed by atoms with Crippen LogP contribution in [0.15, 0.2) is 106 Å². The highest BCUT2D eigenvalue weighted by Crippen LogP contribution is 2.33. The third kappa shape index (κ3) is 9.52. The average molecular weight is 757 g/mol. The molecule has 0 aliphatic heterocycles. The molecule has 2 amide bonds. The number of hydrogen-bond acceptors (Lipinski definition) is 6. The zero-order chi connectivity index (χ0) is 34.8. The van der Waals surface area contributed by atoms with Crippen LogP contribution in [0.5, 0.6) is 11.5 Å². The minimum absolute atomic E-state index is 0.0513. The van der Waals surface area contributed by atoms with Gasteiger partial charge in [-0.15, -0.1) is 0 Å². The number of carbonyl (C=O) groups is 2. The number of nitrogens with zero attached hydrogens (tertiary/aromatic N) is 2. The summed E-state index contributed by atoms with van der Waals surface area (Å²) in [6.07, 6.45) is 0.216. The summed E-state index contributed by atoms with van der Waals surface area (Å²) in [7, 11) is -1.50. The Kier molecular flexibility index (Phi) is 12.9. The maximum absolute atomic E-state index is 14.6. The van der Waals surface area contributed by atoms with Gasteiger partial charge in [0.2, 0.25) is 11.8 Å². The lowest BCUT2D eigenvalue weighted by Gasteiger charge is -2.34. The highest BCUT2D eigenvalue weighted by molar-refractivity contribution is 9.10. The van der Waals surface area contributed by atoms with E-state index in [1.165, 1.54) is 49.5 Å². The van der Waals surface area contributed by atoms with Gasteiger partial charge in [0.25, 0.3) is 10.0 Å². The van der Waals surface area contributed by atoms with Crippen LogP contribution in [0.2, 0.25) is 5.02 Å². The molecule has 0 aliphatic carbocycles. The number of benzene rings is 4. The summed E-state index contributed by atoms with van der Waals surface area (Å²) in [5, 5.41) is 3.39. The van der Waals surface area contributed by atoms with E-state index in [0.29, 0.717) is 17.3 Å². The topological polar surface area (TPSA) is 105 Å². The van der Waals surface area contributed by atoms with Gasteiger partial charge in [-0.3, -0.25) is 13.9 Å². The Morgan fingerprint density at radius 1 is 0.854 bits per heavy atom. The average Bonchev–Trinajstić information content (AvgIpc) is 3.08. The minimum atomic E-state index is -4.36. The molecule has 1 N–H and O–H groups in total. The van der Waals surface area contributed by atoms with Crippen molar-refractivity contribution < 1.29 is 27.5 Å². The third-order valence-electron chi connectivity index (χ3n) is 7.53. The van der Waals surface area contributed by atoms with Crippen molar-refractivity contribution in [1.82, 2.24) is 10.2 Å². The van der Waals surface area contributed by atoms with E-state index in [1.807, 2.05) is 68.4 Å². The number of halogens is 2. The fourth-order valence-corrected chi connectivity index (χ4v) is 7.05. The van der Waals surface area contributed by atoms with Gasteiger partial charge < -0.3 is 19.7 Å². The van der Waals surface area contributed by atoms with Crippen molar-refractivity contribution in [2.24, 2.45) is 5.92 Å². The Balaban J connectivity index is 1.82. The van der Waals surface area contributed by atoms with E-state index in [2.05, 4.69) is 21.2 Å². The lowest BCUT2D eigenvalue weighted by Crippen LogP contribution is -2.53. The van der Waals surface area contributed by atoms with Crippen LogP contribution in [-0.4, -0.2) is 58.5 Å². The lowest BCUT2D eigenvalue weighted by atomic mass is 10.0. The number of hydrogen-bond donors (Lipinski definition) is 1. The number of ether oxygens (including phenoxy) is 2. The van der Waals surface area contributed by atoms with Gasteiger partial charge in [0.05, 0.1) is 24.8 Å². The number of carbonyl (C=O) groups excluding carboxylic acids is 2. The molecule has 0 heterocycles. The summed E-state index contributed by atoms with van der Waals surface area (Å²) in [4.78, 5) is 29.9. The van der Waals surface area contributed by atoms with E-state index in [1.54, 1.807) is 12.1 Å². The SMILES string of the molecule is COc1ccc(S(=O)(=O)N(CC(=O)N(Cc2cccc(Br)c2)[C@@H](Cc2ccccc2)C(=O)NCC(C)C)c2ccc(Cl)cc2)cc1OC. The van der Waals surface area contributed by atoms with E-state index in [4.69, 9.17) is 21.1 Å². The molecule has 48 heavy (non-hydrogen) atoms. The van der Waals surface area contributed by atoms with E-state index in [-0.39, 0.29) is 41.1 Å². The third-order valence-corrected chi connectivity index (χ3v) is 10.0. The molecular formula is C36H39BrClN3O6S. The number of methoxy groups -OCH3 is 2. The fraction of sp³-hybridized carbons (Fsp3) is 0.278. The Hall–Kier alpha value is -4.06. The van der Waals surface area contributed by atoms with Crippen molar-refractivity contribution in [2.75, 3.05) is 31.6 Å². The Morgan fingerprint density at radius 3 is 2.15 bits per heavy atom. The molecule has 4 aromatic carbocycles. The standard InChI is InChI=1S/C36H39BrClN3O6S/c1-25(2)22-39-36(43)32(20-26-9-6-5-7-10-26)40(23-27-11-8-12-28(37)19-27)35(42)24-41(30-15-13-29(38)14-16-30)48(44,45)31-17-18-33(46-3)34(21-31)47-4/h5-19,21,25,32H,20,22-24H2,1-4H3,(H,39,43)/t32-/m0/s1. The molecule has 4 aromatic rings. The van der Waals surface area contributed by atoms with Crippen LogP contribution in [0.1, 0.15) is 25.0 Å². The first kappa shape index (κ1) is 36.8. The van der Waals surface area contributed by atoms with Crippen LogP contribution in [0.3, 0.4) is 0 Å². The second kappa shape index (κ2) is 16.9. The highest BCUT2D eigenvalue weighted by Gasteiger charge is 2.35. The Labute approximate surface area is 296 Å². The number of amides is 2. The second-order valence-electron chi connectivity index (χ2n) is 11.5. The summed E-state index contributed by atoms with van der Waals surface area (Å²) in [6, 6.07) is 26.3. The van der Waals surface area contributed by atoms with E-state index >= 15 is 0 Å². The quantitative estimate of drug-likeness (QED) is 0.144. The monoisotopic (exact) mass is 755 g/mol. The molecular weight excluding hydrogens is 718 g/mol. The fourth-order valence-electron chi connectivity index (χ4n) is 5.05. The highest BCUT2D eigenvalue weighted by atomic mass is 79.9. The predicted octanol–water partition coefficient (Wildman–Crippen LogP) is 6.73. The number of sulfonamides is 1. The Morgan fingerprint density at radius 2 is 1.52 bits per heavy atom. The molecule has 0 fully saturated rings. The van der Waals surface area contributed by atoms with Gasteiger partial charge in [0.1, 0.15) is 12.6 Å². The molecule has 0 spiro atoms. The van der Waals surface area contributed by atoms with Crippen LogP contribution >= 0.6 is 27.5 Å². The summed E-state index contributed by atoms with van der Waals surface area (Å²) < 4.78 is 41.2. The molecule has 254 valence electrons. The van der Waals surface area contributed by atoms with E-state index < -0.39 is 28.5 Å². The van der Waals surface area contributed by atoms with Crippen molar-refractivity contribution in [3.63, 3.8) is 0 Å². The molecule has 0 bridgehead atoms. The van der Waals surface area contributed by atoms with Crippen LogP contribution in [0.4, 0.5) is 5.69 Å². The number of nitrogens with one attached hydrogen (secondary N) is 1. The zero-order valence-corrected chi connectivity index (χ0v) is 30.4. The molecule has 0 aliphatic rings. The molecule has 0 aromatic heterocycles. The Bertz CT molecular complexity index is 1810. The molecule has 9 nitrogen and oxygen atoms in total. The van der Waals surface area contributed by atoms with Gasteiger partial charge in [-0.2, -0.15) is 0 Å². The van der Waals surface area contributed by atoms with Gasteiger partial charge >= 0.3 is 0 Å². The lowest BCUT2D eigenvalue weighted by molar-refractivity contribution is -0.140. The van der Waals surface area contributed by atoms with Crippen molar-refractivity contribution >= 4 is 55.1 Å². The van der Waals surface area contributed by atoms with E-state index in [0.717, 1.165) is 19.9 Å². The van der Waals surface area contributed by atoms with Crippen LogP contribution in [-0.2, 0) is 32.6 Å². The van der Waals surface area contributed by atoms with Crippen molar-refractivity contribution in [3.8, 4) is 11.5 Å².